The van der Waals surface area contributed by atoms with Crippen LogP contribution in [0.5, 0.6) is 5.75 Å². The largest absolute Gasteiger partial charge is 0.492 e. The van der Waals surface area contributed by atoms with Gasteiger partial charge >= 0.3 is 16.0 Å². The van der Waals surface area contributed by atoms with Crippen LogP contribution in [-0.4, -0.2) is 21.9 Å². The van der Waals surface area contributed by atoms with Gasteiger partial charge in [-0.2, -0.15) is 8.57 Å². The highest BCUT2D eigenvalue weighted by atomic mass is 32.3. The minimum absolute atomic E-state index is 0.131. The van der Waals surface area contributed by atoms with Crippen molar-refractivity contribution in [3.8, 4) is 5.75 Å². The maximum Gasteiger partial charge on any atom is 0.339 e. The van der Waals surface area contributed by atoms with Crippen molar-refractivity contribution in [2.45, 2.75) is 6.42 Å². The van der Waals surface area contributed by atoms with Crippen LogP contribution >= 0.6 is 0 Å². The number of fused-ring (bicyclic) bond motifs is 1. The lowest BCUT2D eigenvalue weighted by Crippen LogP contribution is -2.04. The first-order valence-corrected chi connectivity index (χ1v) is 7.13. The predicted octanol–water partition coefficient (Wildman–Crippen LogP) is 2.39. The van der Waals surface area contributed by atoms with E-state index in [0.717, 1.165) is 0 Å². The van der Waals surface area contributed by atoms with Gasteiger partial charge in [-0.15, -0.1) is 0 Å². The van der Waals surface area contributed by atoms with E-state index in [0.29, 0.717) is 16.7 Å². The van der Waals surface area contributed by atoms with Gasteiger partial charge in [-0.25, -0.2) is 4.79 Å². The summed E-state index contributed by atoms with van der Waals surface area (Å²) >= 11 is 0. The van der Waals surface area contributed by atoms with Crippen molar-refractivity contribution in [3.05, 3.63) is 40.8 Å². The van der Waals surface area contributed by atoms with Gasteiger partial charge in [0.05, 0.1) is 24.6 Å². The molecule has 2 aromatic rings. The fourth-order valence-corrected chi connectivity index (χ4v) is 1.98. The van der Waals surface area contributed by atoms with Gasteiger partial charge in [0.15, 0.2) is 0 Å². The maximum atomic E-state index is 12.2. The van der Waals surface area contributed by atoms with Gasteiger partial charge < -0.3 is 9.15 Å². The van der Waals surface area contributed by atoms with Crippen LogP contribution in [0.1, 0.15) is 6.42 Å². The molecule has 0 aliphatic carbocycles. The molecule has 2 rings (SSSR count). The first kappa shape index (κ1) is 14.5. The Labute approximate surface area is 114 Å². The highest BCUT2D eigenvalue weighted by Crippen LogP contribution is 2.23. The minimum atomic E-state index is -4.56. The second kappa shape index (κ2) is 6.02. The molecule has 0 fully saturated rings. The molecule has 20 heavy (non-hydrogen) atoms. The summed E-state index contributed by atoms with van der Waals surface area (Å²) in [7, 11) is -4.56. The lowest BCUT2D eigenvalue weighted by atomic mass is 10.2. The first-order chi connectivity index (χ1) is 9.46. The van der Waals surface area contributed by atoms with E-state index < -0.39 is 16.0 Å². The fraction of sp³-hybridized carbons (Fsp3) is 0.250. The molecule has 0 saturated carbocycles. The molecule has 0 saturated heterocycles. The molecule has 1 atom stereocenters. The van der Waals surface area contributed by atoms with Crippen molar-refractivity contribution < 1.29 is 21.8 Å². The molecule has 1 unspecified atom stereocenters. The number of para-hydroxylation sites is 1. The Morgan fingerprint density at radius 3 is 2.90 bits per heavy atom. The number of benzene rings is 1. The summed E-state index contributed by atoms with van der Waals surface area (Å²) < 4.78 is 44.1. The van der Waals surface area contributed by atoms with Gasteiger partial charge in [-0.3, -0.25) is 4.55 Å². The SMILES string of the molecule is O=c1cc(OCCCN=S(=O)(O)F)c2ccccc2o1. The molecule has 1 aromatic heterocycles. The second-order valence-corrected chi connectivity index (χ2v) is 5.03. The summed E-state index contributed by atoms with van der Waals surface area (Å²) in [6.07, 6.45) is 0.246. The standard InChI is InChI=1S/C12H12FNO5S/c13-20(16,17)14-6-3-7-18-11-8-12(15)19-10-5-2-1-4-9(10)11/h1-2,4-5,8H,3,6-7H2,(H,14,16,17). The van der Waals surface area contributed by atoms with Crippen molar-refractivity contribution >= 4 is 21.4 Å². The van der Waals surface area contributed by atoms with Crippen LogP contribution < -0.4 is 10.4 Å². The molecule has 0 aliphatic heterocycles. The van der Waals surface area contributed by atoms with Crippen LogP contribution in [0.15, 0.2) is 43.9 Å². The van der Waals surface area contributed by atoms with Gasteiger partial charge in [0, 0.05) is 6.42 Å². The Bertz CT molecular complexity index is 771. The van der Waals surface area contributed by atoms with Crippen LogP contribution in [0.4, 0.5) is 3.89 Å². The zero-order chi connectivity index (χ0) is 14.6. The molecule has 6 nitrogen and oxygen atoms in total. The summed E-state index contributed by atoms with van der Waals surface area (Å²) in [4.78, 5) is 11.3. The highest BCUT2D eigenvalue weighted by molar-refractivity contribution is 7.82. The van der Waals surface area contributed by atoms with E-state index in [9.17, 15) is 12.9 Å². The molecule has 0 spiro atoms. The summed E-state index contributed by atoms with van der Waals surface area (Å²) in [5, 5.41) is 0.639. The van der Waals surface area contributed by atoms with Crippen molar-refractivity contribution in [1.29, 1.82) is 0 Å². The van der Waals surface area contributed by atoms with Crippen LogP contribution in [0.3, 0.4) is 0 Å². The molecule has 0 aliphatic rings. The Balaban J connectivity index is 2.07. The third-order valence-electron chi connectivity index (χ3n) is 2.42. The molecule has 0 radical (unpaired) electrons. The Kier molecular flexibility index (Phi) is 4.35. The number of rotatable bonds is 5. The number of hydrogen-bond acceptors (Lipinski definition) is 5. The van der Waals surface area contributed by atoms with Gasteiger partial charge in [0.1, 0.15) is 11.3 Å². The van der Waals surface area contributed by atoms with Gasteiger partial charge in [-0.1, -0.05) is 16.0 Å². The maximum absolute atomic E-state index is 12.2. The molecule has 1 heterocycles. The predicted molar refractivity (Wildman–Crippen MR) is 71.8 cm³/mol. The number of halogens is 1. The Morgan fingerprint density at radius 1 is 1.40 bits per heavy atom. The number of nitrogens with zero attached hydrogens (tertiary/aromatic N) is 1. The van der Waals surface area contributed by atoms with E-state index >= 15 is 0 Å². The second-order valence-electron chi connectivity index (χ2n) is 3.91. The fourth-order valence-electron chi connectivity index (χ4n) is 1.63. The Hall–Kier alpha value is -1.93. The molecule has 1 N–H and O–H groups in total. The third-order valence-corrected chi connectivity index (χ3v) is 2.92. The monoisotopic (exact) mass is 301 g/mol. The average Bonchev–Trinajstić information content (AvgIpc) is 2.36. The van der Waals surface area contributed by atoms with E-state index in [2.05, 4.69) is 4.36 Å². The molecule has 0 amide bonds. The molecule has 8 heteroatoms. The highest BCUT2D eigenvalue weighted by Gasteiger charge is 2.05. The molecule has 1 aromatic carbocycles. The lowest BCUT2D eigenvalue weighted by Gasteiger charge is -2.07. The summed E-state index contributed by atoms with van der Waals surface area (Å²) in [5.41, 5.74) is -0.132. The first-order valence-electron chi connectivity index (χ1n) is 5.76. The minimum Gasteiger partial charge on any atom is -0.492 e. The zero-order valence-corrected chi connectivity index (χ0v) is 11.1. The van der Waals surface area contributed by atoms with Crippen molar-refractivity contribution in [2.24, 2.45) is 4.36 Å². The van der Waals surface area contributed by atoms with E-state index in [4.69, 9.17) is 13.7 Å². The van der Waals surface area contributed by atoms with Gasteiger partial charge in [-0.05, 0) is 12.1 Å². The Morgan fingerprint density at radius 2 is 2.15 bits per heavy atom. The van der Waals surface area contributed by atoms with E-state index in [1.165, 1.54) is 6.07 Å². The average molecular weight is 301 g/mol. The summed E-state index contributed by atoms with van der Waals surface area (Å²) in [5.74, 6) is 0.349. The van der Waals surface area contributed by atoms with E-state index in [1.54, 1.807) is 24.3 Å². The van der Waals surface area contributed by atoms with Gasteiger partial charge in [0.2, 0.25) is 0 Å². The normalized spacial score (nSPS) is 13.9. The quantitative estimate of drug-likeness (QED) is 0.520. The van der Waals surface area contributed by atoms with E-state index in [-0.39, 0.29) is 19.6 Å². The summed E-state index contributed by atoms with van der Waals surface area (Å²) in [6.45, 7) is -0.0162. The molecule has 0 bridgehead atoms. The lowest BCUT2D eigenvalue weighted by molar-refractivity contribution is 0.314. The van der Waals surface area contributed by atoms with Crippen molar-refractivity contribution in [3.63, 3.8) is 0 Å². The third kappa shape index (κ3) is 4.04. The van der Waals surface area contributed by atoms with Crippen molar-refractivity contribution in [1.82, 2.24) is 0 Å². The van der Waals surface area contributed by atoms with Crippen LogP contribution in [0, 0.1) is 0 Å². The van der Waals surface area contributed by atoms with Crippen LogP contribution in [0.2, 0.25) is 0 Å². The van der Waals surface area contributed by atoms with Crippen LogP contribution in [0.25, 0.3) is 11.0 Å². The molecular weight excluding hydrogens is 289 g/mol. The number of hydrogen-bond donors (Lipinski definition) is 1. The van der Waals surface area contributed by atoms with Crippen LogP contribution in [-0.2, 0) is 10.4 Å². The number of ether oxygens (including phenoxy) is 1. The smallest absolute Gasteiger partial charge is 0.339 e. The zero-order valence-electron chi connectivity index (χ0n) is 10.3. The van der Waals surface area contributed by atoms with Gasteiger partial charge in [0.25, 0.3) is 0 Å². The topological polar surface area (TPSA) is 89.1 Å². The van der Waals surface area contributed by atoms with Crippen molar-refractivity contribution in [2.75, 3.05) is 13.2 Å². The summed E-state index contributed by atoms with van der Waals surface area (Å²) in [6, 6.07) is 8.09. The molecular formula is C12H12FNO5S. The molecule has 108 valence electrons. The van der Waals surface area contributed by atoms with E-state index in [1.807, 2.05) is 0 Å².